The second kappa shape index (κ2) is 7.31. The standard InChI is InChI=1S/C17H10Cl2N2O3S/c18-11-5-6-13(12(19)8-11)20-17-21-15(22)14(25-17)7-9-1-3-10(4-2-9)16(23)24/h1-8H,(H,23,24)(H,20,21,22)/b14-7-. The number of hydrogen-bond donors (Lipinski definition) is 2. The molecule has 8 heteroatoms. The maximum absolute atomic E-state index is 12.1. The summed E-state index contributed by atoms with van der Waals surface area (Å²) in [5.74, 6) is -1.28. The summed E-state index contributed by atoms with van der Waals surface area (Å²) in [6.45, 7) is 0. The zero-order chi connectivity index (χ0) is 18.0. The van der Waals surface area contributed by atoms with E-state index in [1.54, 1.807) is 36.4 Å². The molecule has 0 radical (unpaired) electrons. The lowest BCUT2D eigenvalue weighted by molar-refractivity contribution is -0.115. The Kier molecular flexibility index (Phi) is 5.13. The van der Waals surface area contributed by atoms with Crippen molar-refractivity contribution in [3.63, 3.8) is 0 Å². The molecule has 2 N–H and O–H groups in total. The number of aromatic carboxylic acids is 1. The van der Waals surface area contributed by atoms with Crippen molar-refractivity contribution in [2.24, 2.45) is 4.99 Å². The minimum atomic E-state index is -0.999. The Morgan fingerprint density at radius 3 is 2.52 bits per heavy atom. The fraction of sp³-hybridized carbons (Fsp3) is 0. The average molecular weight is 393 g/mol. The van der Waals surface area contributed by atoms with Crippen LogP contribution in [0.5, 0.6) is 0 Å². The van der Waals surface area contributed by atoms with Gasteiger partial charge in [-0.25, -0.2) is 9.79 Å². The highest BCUT2D eigenvalue weighted by atomic mass is 35.5. The number of nitrogens with one attached hydrogen (secondary N) is 1. The Balaban J connectivity index is 1.82. The summed E-state index contributed by atoms with van der Waals surface area (Å²) in [6, 6.07) is 11.1. The van der Waals surface area contributed by atoms with Crippen LogP contribution in [0.25, 0.3) is 6.08 Å². The van der Waals surface area contributed by atoms with Crippen LogP contribution in [0.1, 0.15) is 15.9 Å². The first-order chi connectivity index (χ1) is 11.9. The number of benzene rings is 2. The van der Waals surface area contributed by atoms with E-state index >= 15 is 0 Å². The molecule has 126 valence electrons. The number of carbonyl (C=O) groups is 2. The van der Waals surface area contributed by atoms with E-state index in [1.807, 2.05) is 0 Å². The highest BCUT2D eigenvalue weighted by molar-refractivity contribution is 8.18. The summed E-state index contributed by atoms with van der Waals surface area (Å²) in [5.41, 5.74) is 1.40. The normalized spacial score (nSPS) is 17.1. The average Bonchev–Trinajstić information content (AvgIpc) is 2.90. The van der Waals surface area contributed by atoms with E-state index in [9.17, 15) is 9.59 Å². The predicted molar refractivity (Wildman–Crippen MR) is 101 cm³/mol. The molecule has 0 spiro atoms. The third-order valence-corrected chi connectivity index (χ3v) is 4.69. The Labute approximate surface area is 157 Å². The van der Waals surface area contributed by atoms with Crippen LogP contribution in [0.3, 0.4) is 0 Å². The zero-order valence-electron chi connectivity index (χ0n) is 12.5. The van der Waals surface area contributed by atoms with E-state index in [1.165, 1.54) is 23.9 Å². The number of hydrogen-bond acceptors (Lipinski definition) is 4. The van der Waals surface area contributed by atoms with Crippen LogP contribution >= 0.6 is 35.0 Å². The Morgan fingerprint density at radius 2 is 1.88 bits per heavy atom. The van der Waals surface area contributed by atoms with Gasteiger partial charge in [-0.15, -0.1) is 0 Å². The van der Waals surface area contributed by atoms with Gasteiger partial charge in [-0.1, -0.05) is 35.3 Å². The number of thioether (sulfide) groups is 1. The minimum absolute atomic E-state index is 0.185. The summed E-state index contributed by atoms with van der Waals surface area (Å²) in [4.78, 5) is 27.7. The topological polar surface area (TPSA) is 78.8 Å². The molecule has 0 bridgehead atoms. The SMILES string of the molecule is O=C1NC(=Nc2ccc(Cl)cc2Cl)S/C1=C\c1ccc(C(=O)O)cc1. The molecular weight excluding hydrogens is 383 g/mol. The van der Waals surface area contributed by atoms with Crippen molar-refractivity contribution < 1.29 is 14.7 Å². The predicted octanol–water partition coefficient (Wildman–Crippen LogP) is 4.58. The van der Waals surface area contributed by atoms with Gasteiger partial charge in [0.2, 0.25) is 0 Å². The summed E-state index contributed by atoms with van der Waals surface area (Å²) in [5, 5.41) is 12.9. The molecule has 0 saturated carbocycles. The number of amidine groups is 1. The molecule has 1 fully saturated rings. The molecule has 2 aromatic rings. The van der Waals surface area contributed by atoms with Crippen molar-refractivity contribution in [1.29, 1.82) is 0 Å². The van der Waals surface area contributed by atoms with E-state index in [-0.39, 0.29) is 11.5 Å². The summed E-state index contributed by atoms with van der Waals surface area (Å²) < 4.78 is 0. The minimum Gasteiger partial charge on any atom is -0.478 e. The lowest BCUT2D eigenvalue weighted by Gasteiger charge is -2.00. The number of amides is 1. The van der Waals surface area contributed by atoms with Gasteiger partial charge in [0.25, 0.3) is 5.91 Å². The zero-order valence-corrected chi connectivity index (χ0v) is 14.8. The summed E-state index contributed by atoms with van der Waals surface area (Å²) >= 11 is 13.1. The molecule has 1 amide bonds. The molecule has 1 saturated heterocycles. The van der Waals surface area contributed by atoms with Gasteiger partial charge in [0.15, 0.2) is 5.17 Å². The van der Waals surface area contributed by atoms with Gasteiger partial charge in [0, 0.05) is 5.02 Å². The molecule has 0 unspecified atom stereocenters. The molecule has 5 nitrogen and oxygen atoms in total. The highest BCUT2D eigenvalue weighted by Gasteiger charge is 2.24. The van der Waals surface area contributed by atoms with Crippen LogP contribution in [0, 0.1) is 0 Å². The van der Waals surface area contributed by atoms with Gasteiger partial charge >= 0.3 is 5.97 Å². The molecule has 3 rings (SSSR count). The molecule has 2 aromatic carbocycles. The monoisotopic (exact) mass is 392 g/mol. The molecule has 0 aliphatic carbocycles. The van der Waals surface area contributed by atoms with E-state index in [0.29, 0.717) is 31.4 Å². The van der Waals surface area contributed by atoms with Crippen LogP contribution in [-0.2, 0) is 4.79 Å². The summed E-state index contributed by atoms with van der Waals surface area (Å²) in [7, 11) is 0. The fourth-order valence-electron chi connectivity index (χ4n) is 2.04. The van der Waals surface area contributed by atoms with Gasteiger partial charge < -0.3 is 10.4 Å². The number of aliphatic imine (C=N–C) groups is 1. The molecular formula is C17H10Cl2N2O3S. The lowest BCUT2D eigenvalue weighted by Crippen LogP contribution is -2.19. The van der Waals surface area contributed by atoms with E-state index < -0.39 is 5.97 Å². The molecule has 25 heavy (non-hydrogen) atoms. The second-order valence-corrected chi connectivity index (χ2v) is 6.88. The van der Waals surface area contributed by atoms with E-state index in [2.05, 4.69) is 10.3 Å². The van der Waals surface area contributed by atoms with E-state index in [0.717, 1.165) is 0 Å². The van der Waals surface area contributed by atoms with E-state index in [4.69, 9.17) is 28.3 Å². The van der Waals surface area contributed by atoms with Crippen LogP contribution in [0.2, 0.25) is 10.0 Å². The molecule has 1 aliphatic heterocycles. The Morgan fingerprint density at radius 1 is 1.16 bits per heavy atom. The number of nitrogens with zero attached hydrogens (tertiary/aromatic N) is 1. The smallest absolute Gasteiger partial charge is 0.335 e. The molecule has 0 aromatic heterocycles. The van der Waals surface area contributed by atoms with Crippen molar-refractivity contribution in [2.75, 3.05) is 0 Å². The molecule has 0 atom stereocenters. The van der Waals surface area contributed by atoms with Gasteiger partial charge in [-0.2, -0.15) is 0 Å². The number of carboxylic acid groups (broad SMARTS) is 1. The largest absolute Gasteiger partial charge is 0.478 e. The first-order valence-electron chi connectivity index (χ1n) is 7.00. The second-order valence-electron chi connectivity index (χ2n) is 5.00. The highest BCUT2D eigenvalue weighted by Crippen LogP contribution is 2.32. The number of halogens is 2. The van der Waals surface area contributed by atoms with Crippen LogP contribution in [0.15, 0.2) is 52.4 Å². The summed E-state index contributed by atoms with van der Waals surface area (Å²) in [6.07, 6.45) is 1.66. The Hall–Kier alpha value is -2.28. The van der Waals surface area contributed by atoms with Crippen molar-refractivity contribution >= 4 is 63.8 Å². The third kappa shape index (κ3) is 4.22. The van der Waals surface area contributed by atoms with Crippen molar-refractivity contribution in [1.82, 2.24) is 5.32 Å². The number of carboxylic acids is 1. The molecule has 1 aliphatic rings. The quantitative estimate of drug-likeness (QED) is 0.748. The van der Waals surface area contributed by atoms with Gasteiger partial charge in [-0.3, -0.25) is 4.79 Å². The third-order valence-electron chi connectivity index (χ3n) is 3.24. The van der Waals surface area contributed by atoms with Gasteiger partial charge in [-0.05, 0) is 53.7 Å². The van der Waals surface area contributed by atoms with Crippen molar-refractivity contribution in [3.8, 4) is 0 Å². The van der Waals surface area contributed by atoms with Crippen LogP contribution in [-0.4, -0.2) is 22.2 Å². The lowest BCUT2D eigenvalue weighted by atomic mass is 10.1. The fourth-order valence-corrected chi connectivity index (χ4v) is 3.32. The Bertz CT molecular complexity index is 924. The first-order valence-corrected chi connectivity index (χ1v) is 8.57. The van der Waals surface area contributed by atoms with Crippen LogP contribution in [0.4, 0.5) is 5.69 Å². The number of rotatable bonds is 3. The van der Waals surface area contributed by atoms with Crippen molar-refractivity contribution in [2.45, 2.75) is 0 Å². The van der Waals surface area contributed by atoms with Crippen LogP contribution < -0.4 is 5.32 Å². The van der Waals surface area contributed by atoms with Gasteiger partial charge in [0.1, 0.15) is 0 Å². The van der Waals surface area contributed by atoms with Gasteiger partial charge in [0.05, 0.1) is 21.2 Å². The number of carbonyl (C=O) groups excluding carboxylic acids is 1. The maximum Gasteiger partial charge on any atom is 0.335 e. The van der Waals surface area contributed by atoms with Crippen molar-refractivity contribution in [3.05, 3.63) is 68.5 Å². The first kappa shape index (κ1) is 17.5. The molecule has 1 heterocycles. The maximum atomic E-state index is 12.1.